The monoisotopic (exact) mass is 361 g/mol. The van der Waals surface area contributed by atoms with Gasteiger partial charge in [0, 0.05) is 5.56 Å². The van der Waals surface area contributed by atoms with E-state index in [9.17, 15) is 8.78 Å². The fourth-order valence-corrected chi connectivity index (χ4v) is 2.50. The highest BCUT2D eigenvalue weighted by atomic mass is 32.1. The van der Waals surface area contributed by atoms with E-state index in [0.29, 0.717) is 11.1 Å². The molecule has 3 rings (SSSR count). The molecule has 0 atom stereocenters. The summed E-state index contributed by atoms with van der Waals surface area (Å²) < 4.78 is 28.3. The van der Waals surface area contributed by atoms with Crippen LogP contribution in [0.25, 0.3) is 11.1 Å². The van der Waals surface area contributed by atoms with Gasteiger partial charge in [-0.2, -0.15) is 4.99 Å². The van der Waals surface area contributed by atoms with Crippen LogP contribution >= 0.6 is 12.2 Å². The summed E-state index contributed by atoms with van der Waals surface area (Å²) >= 11 is 4.47. The second-order valence-electron chi connectivity index (χ2n) is 5.68. The molecule has 0 heterocycles. The van der Waals surface area contributed by atoms with Gasteiger partial charge >= 0.3 is 0 Å². The van der Waals surface area contributed by atoms with Crippen molar-refractivity contribution >= 4 is 23.1 Å². The van der Waals surface area contributed by atoms with Gasteiger partial charge in [-0.05, 0) is 66.7 Å². The predicted octanol–water partition coefficient (Wildman–Crippen LogP) is 6.07. The zero-order valence-electron chi connectivity index (χ0n) is 13.9. The third kappa shape index (κ3) is 4.10. The van der Waals surface area contributed by atoms with Crippen LogP contribution in [-0.2, 0) is 0 Å². The van der Waals surface area contributed by atoms with Gasteiger partial charge < -0.3 is 0 Å². The summed E-state index contributed by atoms with van der Waals surface area (Å²) in [5.41, 5.74) is 3.45. The molecule has 0 fully saturated rings. The molecule has 0 spiro atoms. The fraction of sp³-hybridized carbons (Fsp3) is 0.0455. The smallest absolute Gasteiger partial charge is 0.150 e. The first-order valence-electron chi connectivity index (χ1n) is 7.83. The number of nitrogens with zero attached hydrogens (tertiary/aromatic N) is 1. The number of thiocarbonyl (C=S) groups is 1. The molecule has 0 unspecified atom stereocenters. The lowest BCUT2D eigenvalue weighted by molar-refractivity contribution is 0.624. The maximum absolute atomic E-state index is 14.4. The molecular weight excluding hydrogens is 348 g/mol. The summed E-state index contributed by atoms with van der Waals surface area (Å²) in [4.78, 5) is 3.63. The van der Waals surface area contributed by atoms with E-state index >= 15 is 0 Å². The minimum atomic E-state index is -0.538. The van der Waals surface area contributed by atoms with Crippen molar-refractivity contribution in [2.24, 2.45) is 4.99 Å². The Morgan fingerprint density at radius 1 is 0.808 bits per heavy atom. The van der Waals surface area contributed by atoms with E-state index in [-0.39, 0.29) is 11.3 Å². The molecule has 4 heteroatoms. The molecule has 0 aliphatic carbocycles. The number of benzene rings is 3. The molecule has 3 aromatic rings. The molecule has 0 radical (unpaired) electrons. The maximum atomic E-state index is 14.4. The minimum Gasteiger partial charge on any atom is -0.206 e. The molecule has 0 saturated heterocycles. The molecule has 0 aliphatic heterocycles. The number of isothiocyanates is 1. The Hall–Kier alpha value is -3.12. The fourth-order valence-electron chi connectivity index (χ4n) is 2.40. The van der Waals surface area contributed by atoms with Crippen LogP contribution in [0.5, 0.6) is 0 Å². The second-order valence-corrected chi connectivity index (χ2v) is 5.86. The van der Waals surface area contributed by atoms with Gasteiger partial charge in [0.25, 0.3) is 0 Å². The summed E-state index contributed by atoms with van der Waals surface area (Å²) in [5, 5.41) is 2.12. The van der Waals surface area contributed by atoms with Crippen molar-refractivity contribution in [3.8, 4) is 23.0 Å². The predicted molar refractivity (Wildman–Crippen MR) is 104 cm³/mol. The SMILES string of the molecule is Cc1ccc(C#Cc2ccc(-c3ccc(N=C=S)c(F)c3)cc2F)cc1. The van der Waals surface area contributed by atoms with Crippen LogP contribution in [0.3, 0.4) is 0 Å². The van der Waals surface area contributed by atoms with Crippen molar-refractivity contribution in [1.82, 2.24) is 0 Å². The van der Waals surface area contributed by atoms with Crippen molar-refractivity contribution in [2.75, 3.05) is 0 Å². The lowest BCUT2D eigenvalue weighted by atomic mass is 10.0. The van der Waals surface area contributed by atoms with Crippen molar-refractivity contribution in [2.45, 2.75) is 6.92 Å². The highest BCUT2D eigenvalue weighted by Crippen LogP contribution is 2.27. The summed E-state index contributed by atoms with van der Waals surface area (Å²) in [7, 11) is 0. The van der Waals surface area contributed by atoms with Crippen molar-refractivity contribution in [3.63, 3.8) is 0 Å². The molecule has 0 N–H and O–H groups in total. The lowest BCUT2D eigenvalue weighted by Crippen LogP contribution is -1.87. The van der Waals surface area contributed by atoms with Gasteiger partial charge in [0.2, 0.25) is 0 Å². The third-order valence-electron chi connectivity index (χ3n) is 3.81. The Bertz CT molecular complexity index is 1070. The molecular formula is C22H13F2NS. The molecule has 0 bridgehead atoms. The summed E-state index contributed by atoms with van der Waals surface area (Å²) in [5.74, 6) is 4.78. The van der Waals surface area contributed by atoms with Crippen molar-refractivity contribution in [3.05, 3.63) is 89.0 Å². The molecule has 26 heavy (non-hydrogen) atoms. The topological polar surface area (TPSA) is 12.4 Å². The molecule has 126 valence electrons. The molecule has 3 aromatic carbocycles. The lowest BCUT2D eigenvalue weighted by Gasteiger charge is -2.04. The Labute approximate surface area is 156 Å². The van der Waals surface area contributed by atoms with Crippen LogP contribution in [0, 0.1) is 30.4 Å². The number of rotatable bonds is 2. The Balaban J connectivity index is 1.89. The van der Waals surface area contributed by atoms with E-state index in [1.165, 1.54) is 18.2 Å². The van der Waals surface area contributed by atoms with Crippen LogP contribution in [0.15, 0.2) is 65.7 Å². The number of aliphatic imine (C=N–C) groups is 1. The van der Waals surface area contributed by atoms with Gasteiger partial charge in [-0.25, -0.2) is 8.78 Å². The highest BCUT2D eigenvalue weighted by Gasteiger charge is 2.07. The van der Waals surface area contributed by atoms with Gasteiger partial charge in [-0.15, -0.1) is 0 Å². The van der Waals surface area contributed by atoms with Crippen LogP contribution in [0.2, 0.25) is 0 Å². The first-order valence-corrected chi connectivity index (χ1v) is 8.23. The van der Waals surface area contributed by atoms with E-state index in [2.05, 4.69) is 34.2 Å². The third-order valence-corrected chi connectivity index (χ3v) is 3.90. The summed E-state index contributed by atoms with van der Waals surface area (Å²) in [6.45, 7) is 1.99. The highest BCUT2D eigenvalue weighted by molar-refractivity contribution is 7.78. The summed E-state index contributed by atoms with van der Waals surface area (Å²) in [6, 6.07) is 16.8. The van der Waals surface area contributed by atoms with Crippen LogP contribution in [0.4, 0.5) is 14.5 Å². The zero-order chi connectivity index (χ0) is 18.5. The van der Waals surface area contributed by atoms with Crippen LogP contribution < -0.4 is 0 Å². The Morgan fingerprint density at radius 3 is 2.08 bits per heavy atom. The normalized spacial score (nSPS) is 9.81. The van der Waals surface area contributed by atoms with E-state index in [1.807, 2.05) is 31.2 Å². The van der Waals surface area contributed by atoms with Crippen molar-refractivity contribution < 1.29 is 8.78 Å². The van der Waals surface area contributed by atoms with Crippen molar-refractivity contribution in [1.29, 1.82) is 0 Å². The number of aryl methyl sites for hydroxylation is 1. The quantitative estimate of drug-likeness (QED) is 0.306. The average Bonchev–Trinajstić information content (AvgIpc) is 2.64. The van der Waals surface area contributed by atoms with E-state index in [1.54, 1.807) is 18.2 Å². The largest absolute Gasteiger partial charge is 0.206 e. The van der Waals surface area contributed by atoms with Gasteiger partial charge in [0.15, 0.2) is 0 Å². The van der Waals surface area contributed by atoms with Crippen LogP contribution in [-0.4, -0.2) is 5.16 Å². The Kier molecular flexibility index (Phi) is 5.34. The standard InChI is InChI=1S/C22H13F2NS/c1-15-2-4-16(5-3-15)6-7-17-8-9-18(12-20(17)23)19-10-11-22(25-14-26)21(24)13-19/h2-5,8-13H,1H3. The second kappa shape index (κ2) is 7.84. The zero-order valence-corrected chi connectivity index (χ0v) is 14.7. The molecule has 0 aromatic heterocycles. The molecule has 0 aliphatic rings. The maximum Gasteiger partial charge on any atom is 0.150 e. The average molecular weight is 361 g/mol. The first-order chi connectivity index (χ1) is 12.6. The Morgan fingerprint density at radius 2 is 1.46 bits per heavy atom. The van der Waals surface area contributed by atoms with Gasteiger partial charge in [-0.3, -0.25) is 0 Å². The van der Waals surface area contributed by atoms with E-state index in [4.69, 9.17) is 0 Å². The van der Waals surface area contributed by atoms with E-state index < -0.39 is 11.6 Å². The van der Waals surface area contributed by atoms with Gasteiger partial charge in [0.1, 0.15) is 17.3 Å². The molecule has 0 saturated carbocycles. The molecule has 1 nitrogen and oxygen atoms in total. The number of halogens is 2. The minimum absolute atomic E-state index is 0.102. The van der Waals surface area contributed by atoms with Crippen LogP contribution in [0.1, 0.15) is 16.7 Å². The first kappa shape index (κ1) is 17.7. The number of hydrogen-bond acceptors (Lipinski definition) is 2. The summed E-state index contributed by atoms with van der Waals surface area (Å²) in [6.07, 6.45) is 0. The molecule has 0 amide bonds. The van der Waals surface area contributed by atoms with Gasteiger partial charge in [0.05, 0.1) is 10.7 Å². The number of hydrogen-bond donors (Lipinski definition) is 0. The van der Waals surface area contributed by atoms with Gasteiger partial charge in [-0.1, -0.05) is 41.7 Å². The van der Waals surface area contributed by atoms with E-state index in [0.717, 1.165) is 11.1 Å².